The predicted octanol–water partition coefficient (Wildman–Crippen LogP) is 1.98. The quantitative estimate of drug-likeness (QED) is 0.832. The highest BCUT2D eigenvalue weighted by molar-refractivity contribution is 6.33. The van der Waals surface area contributed by atoms with Crippen molar-refractivity contribution in [1.29, 1.82) is 0 Å². The third-order valence-electron chi connectivity index (χ3n) is 3.13. The molecule has 1 aliphatic heterocycles. The highest BCUT2D eigenvalue weighted by Gasteiger charge is 2.30. The van der Waals surface area contributed by atoms with E-state index in [1.54, 1.807) is 0 Å². The normalized spacial score (nSPS) is 21.3. The fourth-order valence-corrected chi connectivity index (χ4v) is 2.27. The van der Waals surface area contributed by atoms with E-state index in [0.717, 1.165) is 6.07 Å². The molecule has 1 fully saturated rings. The monoisotopic (exact) mass is 319 g/mol. The molecule has 2 atom stereocenters. The van der Waals surface area contributed by atoms with E-state index < -0.39 is 35.7 Å². The minimum Gasteiger partial charge on any atom is -0.479 e. The standard InChI is InChI=1S/C13H12ClF2NO4/c14-8-4-10(16)9(15)3-7(8)12(18)17-5-6-1-2-11(21-6)13(19)20/h3-4,6,11H,1-2,5H2,(H,17,18)(H,19,20). The number of ether oxygens (including phenoxy) is 1. The van der Waals surface area contributed by atoms with Gasteiger partial charge in [-0.3, -0.25) is 4.79 Å². The van der Waals surface area contributed by atoms with Crippen LogP contribution in [0, 0.1) is 11.6 Å². The van der Waals surface area contributed by atoms with E-state index in [1.165, 1.54) is 0 Å². The predicted molar refractivity (Wildman–Crippen MR) is 69.2 cm³/mol. The van der Waals surface area contributed by atoms with Gasteiger partial charge in [0.15, 0.2) is 17.7 Å². The molecule has 2 rings (SSSR count). The number of hydrogen-bond acceptors (Lipinski definition) is 3. The Kier molecular flexibility index (Phi) is 4.74. The molecular formula is C13H12ClF2NO4. The zero-order valence-electron chi connectivity index (χ0n) is 10.7. The van der Waals surface area contributed by atoms with Crippen molar-refractivity contribution in [2.75, 3.05) is 6.54 Å². The number of halogens is 3. The van der Waals surface area contributed by atoms with Crippen LogP contribution in [0.25, 0.3) is 0 Å². The van der Waals surface area contributed by atoms with Crippen LogP contribution in [0.4, 0.5) is 8.78 Å². The molecule has 2 N–H and O–H groups in total. The molecule has 0 aliphatic carbocycles. The van der Waals surface area contributed by atoms with E-state index in [0.29, 0.717) is 18.9 Å². The summed E-state index contributed by atoms with van der Waals surface area (Å²) in [6.07, 6.45) is -0.456. The Labute approximate surface area is 123 Å². The van der Waals surface area contributed by atoms with Crippen LogP contribution in [-0.2, 0) is 9.53 Å². The Bertz CT molecular complexity index is 582. The lowest BCUT2D eigenvalue weighted by atomic mass is 10.1. The number of carbonyl (C=O) groups is 2. The van der Waals surface area contributed by atoms with Crippen molar-refractivity contribution in [3.8, 4) is 0 Å². The molecular weight excluding hydrogens is 308 g/mol. The fraction of sp³-hybridized carbons (Fsp3) is 0.385. The second-order valence-corrected chi connectivity index (χ2v) is 5.03. The smallest absolute Gasteiger partial charge is 0.332 e. The zero-order valence-corrected chi connectivity index (χ0v) is 11.5. The third-order valence-corrected chi connectivity index (χ3v) is 3.44. The summed E-state index contributed by atoms with van der Waals surface area (Å²) in [7, 11) is 0. The van der Waals surface area contributed by atoms with Gasteiger partial charge < -0.3 is 15.2 Å². The summed E-state index contributed by atoms with van der Waals surface area (Å²) in [5.74, 6) is -4.04. The number of nitrogens with one attached hydrogen (secondary N) is 1. The minimum atomic E-state index is -1.17. The number of carbonyl (C=O) groups excluding carboxylic acids is 1. The molecule has 5 nitrogen and oxygen atoms in total. The van der Waals surface area contributed by atoms with Gasteiger partial charge in [-0.2, -0.15) is 0 Å². The van der Waals surface area contributed by atoms with Crippen LogP contribution in [0.1, 0.15) is 23.2 Å². The van der Waals surface area contributed by atoms with Gasteiger partial charge in [-0.15, -0.1) is 0 Å². The average molecular weight is 320 g/mol. The van der Waals surface area contributed by atoms with Crippen molar-refractivity contribution in [2.45, 2.75) is 25.0 Å². The van der Waals surface area contributed by atoms with E-state index >= 15 is 0 Å². The number of carboxylic acid groups (broad SMARTS) is 1. The molecule has 1 saturated heterocycles. The van der Waals surface area contributed by atoms with Gasteiger partial charge in [0.25, 0.3) is 5.91 Å². The summed E-state index contributed by atoms with van der Waals surface area (Å²) in [6, 6.07) is 1.43. The number of hydrogen-bond donors (Lipinski definition) is 2. The number of aliphatic carboxylic acids is 1. The molecule has 0 bridgehead atoms. The maximum atomic E-state index is 13.1. The Morgan fingerprint density at radius 1 is 1.33 bits per heavy atom. The minimum absolute atomic E-state index is 0.0674. The van der Waals surface area contributed by atoms with Crippen LogP contribution in [0.5, 0.6) is 0 Å². The average Bonchev–Trinajstić information content (AvgIpc) is 2.89. The zero-order chi connectivity index (χ0) is 15.6. The third kappa shape index (κ3) is 3.68. The van der Waals surface area contributed by atoms with Crippen LogP contribution in [-0.4, -0.2) is 35.7 Å². The molecule has 114 valence electrons. The van der Waals surface area contributed by atoms with Crippen LogP contribution >= 0.6 is 11.6 Å². The summed E-state index contributed by atoms with van der Waals surface area (Å²) in [6.45, 7) is 0.0674. The van der Waals surface area contributed by atoms with Gasteiger partial charge in [0.05, 0.1) is 16.7 Å². The molecule has 2 unspecified atom stereocenters. The highest BCUT2D eigenvalue weighted by Crippen LogP contribution is 2.21. The van der Waals surface area contributed by atoms with Crippen molar-refractivity contribution in [3.63, 3.8) is 0 Å². The second kappa shape index (κ2) is 6.36. The van der Waals surface area contributed by atoms with Gasteiger partial charge in [0, 0.05) is 6.54 Å². The molecule has 1 amide bonds. The van der Waals surface area contributed by atoms with Gasteiger partial charge in [-0.05, 0) is 25.0 Å². The maximum absolute atomic E-state index is 13.1. The molecule has 1 heterocycles. The number of benzene rings is 1. The molecule has 0 spiro atoms. The van der Waals surface area contributed by atoms with Crippen molar-refractivity contribution in [3.05, 3.63) is 34.4 Å². The van der Waals surface area contributed by atoms with Gasteiger partial charge in [0.1, 0.15) is 0 Å². The first-order valence-corrected chi connectivity index (χ1v) is 6.57. The lowest BCUT2D eigenvalue weighted by Gasteiger charge is -2.13. The van der Waals surface area contributed by atoms with Crippen LogP contribution < -0.4 is 5.32 Å². The van der Waals surface area contributed by atoms with E-state index in [1.807, 2.05) is 0 Å². The highest BCUT2D eigenvalue weighted by atomic mass is 35.5. The molecule has 0 radical (unpaired) electrons. The van der Waals surface area contributed by atoms with Crippen molar-refractivity contribution in [2.24, 2.45) is 0 Å². The first kappa shape index (κ1) is 15.7. The molecule has 0 saturated carbocycles. The van der Waals surface area contributed by atoms with Gasteiger partial charge in [-0.1, -0.05) is 11.6 Å². The molecule has 0 aromatic heterocycles. The molecule has 1 aromatic rings. The Balaban J connectivity index is 1.94. The Morgan fingerprint density at radius 2 is 2.00 bits per heavy atom. The van der Waals surface area contributed by atoms with Gasteiger partial charge >= 0.3 is 5.97 Å². The van der Waals surface area contributed by atoms with E-state index in [2.05, 4.69) is 5.32 Å². The Morgan fingerprint density at radius 3 is 2.62 bits per heavy atom. The summed E-state index contributed by atoms with van der Waals surface area (Å²) < 4.78 is 31.2. The summed E-state index contributed by atoms with van der Waals surface area (Å²) in [5, 5.41) is 11.0. The lowest BCUT2D eigenvalue weighted by Crippen LogP contribution is -2.33. The number of carboxylic acids is 1. The largest absolute Gasteiger partial charge is 0.479 e. The van der Waals surface area contributed by atoms with Gasteiger partial charge in [0.2, 0.25) is 0 Å². The first-order valence-electron chi connectivity index (χ1n) is 6.19. The van der Waals surface area contributed by atoms with Gasteiger partial charge in [-0.25, -0.2) is 13.6 Å². The molecule has 21 heavy (non-hydrogen) atoms. The summed E-state index contributed by atoms with van der Waals surface area (Å²) in [5.41, 5.74) is -0.191. The summed E-state index contributed by atoms with van der Waals surface area (Å²) >= 11 is 5.68. The van der Waals surface area contributed by atoms with Crippen LogP contribution in [0.3, 0.4) is 0 Å². The van der Waals surface area contributed by atoms with E-state index in [9.17, 15) is 18.4 Å². The van der Waals surface area contributed by atoms with Crippen LogP contribution in [0.15, 0.2) is 12.1 Å². The second-order valence-electron chi connectivity index (χ2n) is 4.62. The molecule has 1 aliphatic rings. The van der Waals surface area contributed by atoms with Crippen molar-refractivity contribution >= 4 is 23.5 Å². The van der Waals surface area contributed by atoms with E-state index in [4.69, 9.17) is 21.4 Å². The fourth-order valence-electron chi connectivity index (χ4n) is 2.04. The number of rotatable bonds is 4. The van der Waals surface area contributed by atoms with Crippen molar-refractivity contribution in [1.82, 2.24) is 5.32 Å². The topological polar surface area (TPSA) is 75.6 Å². The lowest BCUT2D eigenvalue weighted by molar-refractivity contribution is -0.149. The van der Waals surface area contributed by atoms with Crippen molar-refractivity contribution < 1.29 is 28.2 Å². The maximum Gasteiger partial charge on any atom is 0.332 e. The molecule has 8 heteroatoms. The molecule has 1 aromatic carbocycles. The summed E-state index contributed by atoms with van der Waals surface area (Å²) in [4.78, 5) is 22.6. The first-order chi connectivity index (χ1) is 9.88. The SMILES string of the molecule is O=C(NCC1CCC(C(=O)O)O1)c1cc(F)c(F)cc1Cl. The van der Waals surface area contributed by atoms with E-state index in [-0.39, 0.29) is 17.1 Å². The van der Waals surface area contributed by atoms with Crippen LogP contribution in [0.2, 0.25) is 5.02 Å². The Hall–Kier alpha value is -1.73. The number of amides is 1.